The van der Waals surface area contributed by atoms with Crippen LogP contribution >= 0.6 is 0 Å². The molecule has 0 fully saturated rings. The zero-order valence-corrected chi connectivity index (χ0v) is 7.95. The van der Waals surface area contributed by atoms with E-state index < -0.39 is 5.97 Å². The molecule has 76 valence electrons. The summed E-state index contributed by atoms with van der Waals surface area (Å²) in [6, 6.07) is 0. The lowest BCUT2D eigenvalue weighted by Gasteiger charge is -1.98. The summed E-state index contributed by atoms with van der Waals surface area (Å²) in [4.78, 5) is 18.2. The minimum atomic E-state index is -1.09. The summed E-state index contributed by atoms with van der Waals surface area (Å²) >= 11 is 0. The molecule has 6 heteroatoms. The van der Waals surface area contributed by atoms with Crippen molar-refractivity contribution in [2.24, 2.45) is 0 Å². The summed E-state index contributed by atoms with van der Waals surface area (Å²) in [6.07, 6.45) is 6.04. The maximum absolute atomic E-state index is 10.5. The van der Waals surface area contributed by atoms with E-state index >= 15 is 0 Å². The second-order valence-electron chi connectivity index (χ2n) is 3.03. The number of carbonyl (C=O) groups is 1. The summed E-state index contributed by atoms with van der Waals surface area (Å²) in [5.74, 6) is -0.598. The summed E-state index contributed by atoms with van der Waals surface area (Å²) in [5.41, 5.74) is 0.918. The molecule has 0 saturated heterocycles. The van der Waals surface area contributed by atoms with Gasteiger partial charge >= 0.3 is 5.97 Å². The van der Waals surface area contributed by atoms with E-state index in [9.17, 15) is 4.79 Å². The average Bonchev–Trinajstić information content (AvgIpc) is 2.65. The van der Waals surface area contributed by atoms with Crippen molar-refractivity contribution in [3.63, 3.8) is 0 Å². The molecule has 6 nitrogen and oxygen atoms in total. The van der Waals surface area contributed by atoms with Crippen LogP contribution in [0.3, 0.4) is 0 Å². The summed E-state index contributed by atoms with van der Waals surface area (Å²) in [6.45, 7) is 1.91. The van der Waals surface area contributed by atoms with Gasteiger partial charge in [0.1, 0.15) is 0 Å². The molecule has 0 saturated carbocycles. The van der Waals surface area contributed by atoms with Crippen LogP contribution in [0.25, 0.3) is 5.82 Å². The molecule has 1 N–H and O–H groups in total. The Hall–Kier alpha value is -2.24. The molecule has 0 unspecified atom stereocenters. The third-order valence-corrected chi connectivity index (χ3v) is 1.80. The topological polar surface area (TPSA) is 80.9 Å². The van der Waals surface area contributed by atoms with E-state index in [-0.39, 0.29) is 5.69 Å². The Bertz CT molecular complexity index is 489. The Morgan fingerprint density at radius 3 is 2.60 bits per heavy atom. The molecule has 0 aliphatic carbocycles. The predicted molar refractivity (Wildman–Crippen MR) is 50.9 cm³/mol. The molecule has 2 heterocycles. The first-order valence-corrected chi connectivity index (χ1v) is 4.24. The molecule has 0 aromatic carbocycles. The van der Waals surface area contributed by atoms with Crippen molar-refractivity contribution < 1.29 is 9.90 Å². The molecule has 0 aliphatic rings. The lowest BCUT2D eigenvalue weighted by atomic mass is 10.4. The molecule has 15 heavy (non-hydrogen) atoms. The molecule has 0 radical (unpaired) electrons. The number of hydrogen-bond donors (Lipinski definition) is 1. The van der Waals surface area contributed by atoms with E-state index in [0.717, 1.165) is 5.56 Å². The van der Waals surface area contributed by atoms with Crippen LogP contribution in [-0.4, -0.2) is 30.8 Å². The quantitative estimate of drug-likeness (QED) is 0.777. The van der Waals surface area contributed by atoms with Gasteiger partial charge in [0, 0.05) is 6.20 Å². The minimum Gasteiger partial charge on any atom is -0.476 e. The van der Waals surface area contributed by atoms with E-state index in [4.69, 9.17) is 5.11 Å². The summed E-state index contributed by atoms with van der Waals surface area (Å²) < 4.78 is 1.54. The fourth-order valence-corrected chi connectivity index (χ4v) is 1.09. The fourth-order valence-electron chi connectivity index (χ4n) is 1.09. The first-order chi connectivity index (χ1) is 7.16. The summed E-state index contributed by atoms with van der Waals surface area (Å²) in [7, 11) is 0. The second kappa shape index (κ2) is 3.49. The Morgan fingerprint density at radius 1 is 1.33 bits per heavy atom. The third kappa shape index (κ3) is 1.83. The van der Waals surface area contributed by atoms with E-state index in [1.807, 2.05) is 6.92 Å². The number of rotatable bonds is 2. The van der Waals surface area contributed by atoms with E-state index in [1.165, 1.54) is 17.1 Å². The smallest absolute Gasteiger partial charge is 0.356 e. The minimum absolute atomic E-state index is 0.0809. The Morgan fingerprint density at radius 2 is 2.13 bits per heavy atom. The van der Waals surface area contributed by atoms with Gasteiger partial charge in [-0.3, -0.25) is 0 Å². The summed E-state index contributed by atoms with van der Waals surface area (Å²) in [5, 5.41) is 12.7. The Labute approximate surface area is 85.2 Å². The van der Waals surface area contributed by atoms with Crippen LogP contribution in [0.1, 0.15) is 16.1 Å². The van der Waals surface area contributed by atoms with Crippen LogP contribution < -0.4 is 0 Å². The maximum Gasteiger partial charge on any atom is 0.356 e. The van der Waals surface area contributed by atoms with Gasteiger partial charge in [0.2, 0.25) is 0 Å². The first-order valence-electron chi connectivity index (χ1n) is 4.24. The standard InChI is InChI=1S/C9H8N4O2/c1-6-2-12-13(5-6)8-4-10-7(3-11-8)9(14)15/h2-5H,1H3,(H,14,15). The van der Waals surface area contributed by atoms with Gasteiger partial charge in [0.05, 0.1) is 18.6 Å². The van der Waals surface area contributed by atoms with Gasteiger partial charge in [0.25, 0.3) is 0 Å². The van der Waals surface area contributed by atoms with Gasteiger partial charge in [0.15, 0.2) is 11.5 Å². The van der Waals surface area contributed by atoms with E-state index in [2.05, 4.69) is 15.1 Å². The van der Waals surface area contributed by atoms with Gasteiger partial charge in [-0.1, -0.05) is 0 Å². The maximum atomic E-state index is 10.5. The number of aromatic nitrogens is 4. The third-order valence-electron chi connectivity index (χ3n) is 1.80. The van der Waals surface area contributed by atoms with Crippen molar-refractivity contribution >= 4 is 5.97 Å². The van der Waals surface area contributed by atoms with Gasteiger partial charge in [-0.25, -0.2) is 19.4 Å². The van der Waals surface area contributed by atoms with Gasteiger partial charge < -0.3 is 5.11 Å². The highest BCUT2D eigenvalue weighted by atomic mass is 16.4. The van der Waals surface area contributed by atoms with E-state index in [0.29, 0.717) is 5.82 Å². The average molecular weight is 204 g/mol. The Balaban J connectivity index is 2.35. The van der Waals surface area contributed by atoms with Crippen molar-refractivity contribution in [3.05, 3.63) is 36.0 Å². The molecule has 0 spiro atoms. The number of carboxylic acid groups (broad SMARTS) is 1. The molecule has 0 bridgehead atoms. The largest absolute Gasteiger partial charge is 0.476 e. The SMILES string of the molecule is Cc1cnn(-c2cnc(C(=O)O)cn2)c1. The van der Waals surface area contributed by atoms with Crippen molar-refractivity contribution in [1.82, 2.24) is 19.7 Å². The van der Waals surface area contributed by atoms with Crippen LogP contribution in [0.15, 0.2) is 24.8 Å². The van der Waals surface area contributed by atoms with Crippen molar-refractivity contribution in [2.75, 3.05) is 0 Å². The predicted octanol–water partition coefficient (Wildman–Crippen LogP) is 0.669. The van der Waals surface area contributed by atoms with Crippen LogP contribution in [0, 0.1) is 6.92 Å². The number of aryl methyl sites for hydroxylation is 1. The molecule has 0 amide bonds. The molecule has 2 aromatic heterocycles. The highest BCUT2D eigenvalue weighted by molar-refractivity contribution is 5.84. The first kappa shape index (κ1) is 9.32. The highest BCUT2D eigenvalue weighted by Gasteiger charge is 2.05. The van der Waals surface area contributed by atoms with Gasteiger partial charge in [-0.15, -0.1) is 0 Å². The molecular formula is C9H8N4O2. The van der Waals surface area contributed by atoms with Crippen molar-refractivity contribution in [2.45, 2.75) is 6.92 Å². The van der Waals surface area contributed by atoms with Crippen LogP contribution in [-0.2, 0) is 0 Å². The molecule has 0 atom stereocenters. The van der Waals surface area contributed by atoms with Gasteiger partial charge in [-0.05, 0) is 12.5 Å². The molecule has 2 rings (SSSR count). The lowest BCUT2D eigenvalue weighted by molar-refractivity contribution is 0.0690. The number of hydrogen-bond acceptors (Lipinski definition) is 4. The molecule has 2 aromatic rings. The monoisotopic (exact) mass is 204 g/mol. The van der Waals surface area contributed by atoms with Crippen LogP contribution in [0.5, 0.6) is 0 Å². The zero-order valence-electron chi connectivity index (χ0n) is 7.95. The number of carboxylic acids is 1. The van der Waals surface area contributed by atoms with Crippen molar-refractivity contribution in [1.29, 1.82) is 0 Å². The lowest BCUT2D eigenvalue weighted by Crippen LogP contribution is -2.04. The van der Waals surface area contributed by atoms with Crippen LogP contribution in [0.2, 0.25) is 0 Å². The zero-order chi connectivity index (χ0) is 10.8. The van der Waals surface area contributed by atoms with Gasteiger partial charge in [-0.2, -0.15) is 5.10 Å². The second-order valence-corrected chi connectivity index (χ2v) is 3.03. The normalized spacial score (nSPS) is 10.2. The molecule has 0 aliphatic heterocycles. The fraction of sp³-hybridized carbons (Fsp3) is 0.111. The van der Waals surface area contributed by atoms with E-state index in [1.54, 1.807) is 12.4 Å². The Kier molecular flexibility index (Phi) is 2.17. The number of aromatic carboxylic acids is 1. The highest BCUT2D eigenvalue weighted by Crippen LogP contribution is 2.03. The van der Waals surface area contributed by atoms with Crippen molar-refractivity contribution in [3.8, 4) is 5.82 Å². The van der Waals surface area contributed by atoms with Crippen LogP contribution in [0.4, 0.5) is 0 Å². The number of nitrogens with zero attached hydrogens (tertiary/aromatic N) is 4. The molecular weight excluding hydrogens is 196 g/mol.